The number of hydrogen-bond donors (Lipinski definition) is 1. The molecule has 0 fully saturated rings. The molecule has 3 heteroatoms. The molecule has 2 aromatic carbocycles. The Labute approximate surface area is 107 Å². The average Bonchev–Trinajstić information content (AvgIpc) is 2.46. The first-order valence-electron chi connectivity index (χ1n) is 5.79. The summed E-state index contributed by atoms with van der Waals surface area (Å²) in [7, 11) is 1.66. The summed E-state index contributed by atoms with van der Waals surface area (Å²) in [4.78, 5) is 0. The van der Waals surface area contributed by atoms with Crippen molar-refractivity contribution in [3.05, 3.63) is 60.2 Å². The van der Waals surface area contributed by atoms with E-state index in [4.69, 9.17) is 4.74 Å². The zero-order valence-corrected chi connectivity index (χ0v) is 10.6. The molecular weight excluding hydrogens is 224 g/mol. The van der Waals surface area contributed by atoms with Gasteiger partial charge in [-0.1, -0.05) is 18.2 Å². The number of ether oxygens (including phenoxy) is 1. The quantitative estimate of drug-likeness (QED) is 0.655. The topological polar surface area (TPSA) is 33.6 Å². The van der Waals surface area contributed by atoms with Crippen molar-refractivity contribution in [3.63, 3.8) is 0 Å². The lowest BCUT2D eigenvalue weighted by Gasteiger charge is -2.04. The lowest BCUT2D eigenvalue weighted by atomic mass is 10.1. The summed E-state index contributed by atoms with van der Waals surface area (Å²) < 4.78 is 5.12. The Bertz CT molecular complexity index is 518. The Morgan fingerprint density at radius 3 is 2.28 bits per heavy atom. The molecule has 0 saturated carbocycles. The van der Waals surface area contributed by atoms with Crippen LogP contribution in [0.2, 0.25) is 0 Å². The number of para-hydroxylation sites is 1. The first-order chi connectivity index (χ1) is 8.79. The van der Waals surface area contributed by atoms with Crippen LogP contribution in [-0.2, 0) is 0 Å². The van der Waals surface area contributed by atoms with Gasteiger partial charge in [0, 0.05) is 0 Å². The van der Waals surface area contributed by atoms with E-state index in [1.54, 1.807) is 7.11 Å². The number of nitrogens with zero attached hydrogens (tertiary/aromatic N) is 1. The second kappa shape index (κ2) is 5.87. The van der Waals surface area contributed by atoms with Gasteiger partial charge in [-0.25, -0.2) is 0 Å². The molecule has 0 radical (unpaired) electrons. The lowest BCUT2D eigenvalue weighted by Crippen LogP contribution is -1.99. The van der Waals surface area contributed by atoms with E-state index in [-0.39, 0.29) is 0 Å². The summed E-state index contributed by atoms with van der Waals surface area (Å²) in [6, 6.07) is 17.7. The molecule has 0 aliphatic heterocycles. The van der Waals surface area contributed by atoms with Crippen LogP contribution in [0.5, 0.6) is 5.75 Å². The molecule has 92 valence electrons. The fourth-order valence-corrected chi connectivity index (χ4v) is 1.56. The molecule has 0 aliphatic carbocycles. The minimum atomic E-state index is 0.850. The highest BCUT2D eigenvalue weighted by molar-refractivity contribution is 5.99. The van der Waals surface area contributed by atoms with Crippen molar-refractivity contribution in [2.45, 2.75) is 6.92 Å². The zero-order valence-electron chi connectivity index (χ0n) is 10.6. The van der Waals surface area contributed by atoms with Crippen molar-refractivity contribution in [1.29, 1.82) is 0 Å². The van der Waals surface area contributed by atoms with Gasteiger partial charge in [-0.3, -0.25) is 5.43 Å². The normalized spacial score (nSPS) is 11.1. The van der Waals surface area contributed by atoms with Crippen molar-refractivity contribution < 1.29 is 4.74 Å². The largest absolute Gasteiger partial charge is 0.497 e. The Hall–Kier alpha value is -2.29. The predicted octanol–water partition coefficient (Wildman–Crippen LogP) is 3.53. The minimum Gasteiger partial charge on any atom is -0.497 e. The molecule has 2 rings (SSSR count). The minimum absolute atomic E-state index is 0.850. The molecule has 0 atom stereocenters. The van der Waals surface area contributed by atoms with Crippen molar-refractivity contribution >= 4 is 11.4 Å². The standard InChI is InChI=1S/C15H16N2O/c1-12(13-8-10-15(18-2)11-9-13)16-17-14-6-4-3-5-7-14/h3-11,17H,1-2H3/b16-12-. The van der Waals surface area contributed by atoms with E-state index in [9.17, 15) is 0 Å². The van der Waals surface area contributed by atoms with Gasteiger partial charge in [-0.05, 0) is 48.9 Å². The molecule has 1 N–H and O–H groups in total. The SMILES string of the molecule is COc1ccc(/C(C)=N\Nc2ccccc2)cc1. The van der Waals surface area contributed by atoms with E-state index in [1.165, 1.54) is 0 Å². The van der Waals surface area contributed by atoms with E-state index < -0.39 is 0 Å². The maximum absolute atomic E-state index is 5.12. The van der Waals surface area contributed by atoms with Crippen molar-refractivity contribution in [2.24, 2.45) is 5.10 Å². The van der Waals surface area contributed by atoms with Gasteiger partial charge in [0.2, 0.25) is 0 Å². The van der Waals surface area contributed by atoms with Gasteiger partial charge >= 0.3 is 0 Å². The molecule has 0 amide bonds. The maximum Gasteiger partial charge on any atom is 0.118 e. The van der Waals surface area contributed by atoms with Gasteiger partial charge in [0.05, 0.1) is 18.5 Å². The Morgan fingerprint density at radius 2 is 1.67 bits per heavy atom. The van der Waals surface area contributed by atoms with Gasteiger partial charge in [0.1, 0.15) is 5.75 Å². The molecule has 0 heterocycles. The Balaban J connectivity index is 2.08. The summed E-state index contributed by atoms with van der Waals surface area (Å²) in [5.74, 6) is 0.850. The third-order valence-electron chi connectivity index (χ3n) is 2.63. The molecular formula is C15H16N2O. The summed E-state index contributed by atoms with van der Waals surface area (Å²) in [5.41, 5.74) is 6.01. The molecule has 0 spiro atoms. The fraction of sp³-hybridized carbons (Fsp3) is 0.133. The van der Waals surface area contributed by atoms with Crippen molar-refractivity contribution in [3.8, 4) is 5.75 Å². The summed E-state index contributed by atoms with van der Waals surface area (Å²) in [5, 5.41) is 4.35. The zero-order chi connectivity index (χ0) is 12.8. The first kappa shape index (κ1) is 12.2. The molecule has 3 nitrogen and oxygen atoms in total. The van der Waals surface area contributed by atoms with Crippen LogP contribution in [0.25, 0.3) is 0 Å². The van der Waals surface area contributed by atoms with E-state index in [0.29, 0.717) is 0 Å². The number of anilines is 1. The first-order valence-corrected chi connectivity index (χ1v) is 5.79. The maximum atomic E-state index is 5.12. The van der Waals surface area contributed by atoms with Gasteiger partial charge in [-0.2, -0.15) is 5.10 Å². The molecule has 0 unspecified atom stereocenters. The molecule has 0 bridgehead atoms. The second-order valence-electron chi connectivity index (χ2n) is 3.90. The van der Waals surface area contributed by atoms with Gasteiger partial charge in [0.25, 0.3) is 0 Å². The average molecular weight is 240 g/mol. The van der Waals surface area contributed by atoms with Crippen LogP contribution >= 0.6 is 0 Å². The highest BCUT2D eigenvalue weighted by Crippen LogP contribution is 2.12. The van der Waals surface area contributed by atoms with Crippen molar-refractivity contribution in [2.75, 3.05) is 12.5 Å². The van der Waals surface area contributed by atoms with Crippen LogP contribution in [0.15, 0.2) is 59.7 Å². The predicted molar refractivity (Wildman–Crippen MR) is 75.3 cm³/mol. The lowest BCUT2D eigenvalue weighted by molar-refractivity contribution is 0.415. The third-order valence-corrected chi connectivity index (χ3v) is 2.63. The van der Waals surface area contributed by atoms with Crippen molar-refractivity contribution in [1.82, 2.24) is 0 Å². The van der Waals surface area contributed by atoms with Crippen LogP contribution in [0.1, 0.15) is 12.5 Å². The van der Waals surface area contributed by atoms with E-state index >= 15 is 0 Å². The van der Waals surface area contributed by atoms with E-state index in [1.807, 2.05) is 61.5 Å². The van der Waals surface area contributed by atoms with E-state index in [0.717, 1.165) is 22.7 Å². The number of hydrazone groups is 1. The second-order valence-corrected chi connectivity index (χ2v) is 3.90. The summed E-state index contributed by atoms with van der Waals surface area (Å²) in [6.07, 6.45) is 0. The van der Waals surface area contributed by atoms with Crippen LogP contribution in [0.4, 0.5) is 5.69 Å². The summed E-state index contributed by atoms with van der Waals surface area (Å²) in [6.45, 7) is 1.97. The molecule has 2 aromatic rings. The molecule has 0 saturated heterocycles. The highest BCUT2D eigenvalue weighted by atomic mass is 16.5. The van der Waals surface area contributed by atoms with Crippen LogP contribution in [0.3, 0.4) is 0 Å². The van der Waals surface area contributed by atoms with E-state index in [2.05, 4.69) is 10.5 Å². The van der Waals surface area contributed by atoms with Gasteiger partial charge in [0.15, 0.2) is 0 Å². The Morgan fingerprint density at radius 1 is 1.00 bits per heavy atom. The smallest absolute Gasteiger partial charge is 0.118 e. The highest BCUT2D eigenvalue weighted by Gasteiger charge is 1.98. The molecule has 0 aromatic heterocycles. The van der Waals surface area contributed by atoms with Crippen LogP contribution in [0, 0.1) is 0 Å². The third kappa shape index (κ3) is 3.10. The summed E-state index contributed by atoms with van der Waals surface area (Å²) >= 11 is 0. The fourth-order valence-electron chi connectivity index (χ4n) is 1.56. The van der Waals surface area contributed by atoms with Gasteiger partial charge in [-0.15, -0.1) is 0 Å². The number of hydrogen-bond acceptors (Lipinski definition) is 3. The van der Waals surface area contributed by atoms with Gasteiger partial charge < -0.3 is 4.74 Å². The van der Waals surface area contributed by atoms with Crippen LogP contribution < -0.4 is 10.2 Å². The number of nitrogens with one attached hydrogen (secondary N) is 1. The Kier molecular flexibility index (Phi) is 3.97. The van der Waals surface area contributed by atoms with Crippen LogP contribution in [-0.4, -0.2) is 12.8 Å². The number of rotatable bonds is 4. The number of benzene rings is 2. The molecule has 18 heavy (non-hydrogen) atoms. The molecule has 0 aliphatic rings. The monoisotopic (exact) mass is 240 g/mol. The number of methoxy groups -OCH3 is 1.